The van der Waals surface area contributed by atoms with Crippen LogP contribution in [0.3, 0.4) is 0 Å². The van der Waals surface area contributed by atoms with E-state index >= 15 is 0 Å². The van der Waals surface area contributed by atoms with Crippen LogP contribution in [0.15, 0.2) is 48.5 Å². The fourth-order valence-electron chi connectivity index (χ4n) is 2.74. The number of nitrogens with zero attached hydrogens (tertiary/aromatic N) is 1. The van der Waals surface area contributed by atoms with E-state index in [2.05, 4.69) is 10.2 Å². The van der Waals surface area contributed by atoms with Gasteiger partial charge in [-0.05, 0) is 62.4 Å². The number of ether oxygens (including phenoxy) is 2. The predicted octanol–water partition coefficient (Wildman–Crippen LogP) is 3.56. The Morgan fingerprint density at radius 2 is 1.68 bits per heavy atom. The first-order valence-corrected chi connectivity index (χ1v) is 8.62. The second kappa shape index (κ2) is 8.03. The lowest BCUT2D eigenvalue weighted by Crippen LogP contribution is -2.36. The molecule has 1 saturated heterocycles. The van der Waals surface area contributed by atoms with Gasteiger partial charge in [0.05, 0.1) is 19.3 Å². The molecule has 3 rings (SSSR count). The summed E-state index contributed by atoms with van der Waals surface area (Å²) < 4.78 is 11.0. The summed E-state index contributed by atoms with van der Waals surface area (Å²) >= 11 is 0. The van der Waals surface area contributed by atoms with E-state index in [1.807, 2.05) is 50.2 Å². The zero-order valence-corrected chi connectivity index (χ0v) is 14.7. The first-order chi connectivity index (χ1) is 12.1. The Bertz CT molecular complexity index is 690. The molecular weight excluding hydrogens is 316 g/mol. The van der Waals surface area contributed by atoms with Gasteiger partial charge in [0, 0.05) is 30.0 Å². The average molecular weight is 340 g/mol. The minimum Gasteiger partial charge on any atom is -0.491 e. The van der Waals surface area contributed by atoms with E-state index in [1.54, 1.807) is 12.1 Å². The van der Waals surface area contributed by atoms with Crippen LogP contribution >= 0.6 is 0 Å². The fraction of sp³-hybridized carbons (Fsp3) is 0.350. The molecule has 0 aromatic heterocycles. The number of morpholine rings is 1. The number of nitrogens with one attached hydrogen (secondary N) is 1. The van der Waals surface area contributed by atoms with Gasteiger partial charge in [-0.3, -0.25) is 4.79 Å². The van der Waals surface area contributed by atoms with Crippen LogP contribution in [0.25, 0.3) is 0 Å². The molecule has 0 bridgehead atoms. The molecule has 5 nitrogen and oxygen atoms in total. The number of amides is 1. The second-order valence-corrected chi connectivity index (χ2v) is 6.29. The van der Waals surface area contributed by atoms with Crippen molar-refractivity contribution < 1.29 is 14.3 Å². The van der Waals surface area contributed by atoms with E-state index in [4.69, 9.17) is 9.47 Å². The van der Waals surface area contributed by atoms with Crippen molar-refractivity contribution in [1.29, 1.82) is 0 Å². The van der Waals surface area contributed by atoms with E-state index in [-0.39, 0.29) is 12.0 Å². The molecule has 132 valence electrons. The maximum absolute atomic E-state index is 12.4. The molecule has 0 saturated carbocycles. The smallest absolute Gasteiger partial charge is 0.255 e. The lowest BCUT2D eigenvalue weighted by molar-refractivity contribution is 0.102. The van der Waals surface area contributed by atoms with Crippen molar-refractivity contribution in [2.45, 2.75) is 20.0 Å². The fourth-order valence-corrected chi connectivity index (χ4v) is 2.74. The van der Waals surface area contributed by atoms with Crippen LogP contribution in [0, 0.1) is 0 Å². The Morgan fingerprint density at radius 3 is 2.28 bits per heavy atom. The van der Waals surface area contributed by atoms with Crippen LogP contribution in [-0.4, -0.2) is 38.3 Å². The van der Waals surface area contributed by atoms with Crippen LogP contribution < -0.4 is 15.0 Å². The van der Waals surface area contributed by atoms with Crippen LogP contribution in [0.2, 0.25) is 0 Å². The SMILES string of the molecule is CC(C)Oc1ccc(C(=O)Nc2ccc(N3CCOCC3)cc2)cc1. The van der Waals surface area contributed by atoms with Crippen LogP contribution in [0.5, 0.6) is 5.75 Å². The van der Waals surface area contributed by atoms with Crippen molar-refractivity contribution in [3.8, 4) is 5.75 Å². The Kier molecular flexibility index (Phi) is 5.56. The number of anilines is 2. The van der Waals surface area contributed by atoms with Gasteiger partial charge in [0.2, 0.25) is 0 Å². The number of carbonyl (C=O) groups excluding carboxylic acids is 1. The summed E-state index contributed by atoms with van der Waals surface area (Å²) in [7, 11) is 0. The van der Waals surface area contributed by atoms with Gasteiger partial charge in [0.25, 0.3) is 5.91 Å². The second-order valence-electron chi connectivity index (χ2n) is 6.29. The van der Waals surface area contributed by atoms with Crippen LogP contribution in [-0.2, 0) is 4.74 Å². The molecule has 0 atom stereocenters. The van der Waals surface area contributed by atoms with Crippen LogP contribution in [0.4, 0.5) is 11.4 Å². The Labute approximate surface area is 148 Å². The van der Waals surface area contributed by atoms with Crippen molar-refractivity contribution in [1.82, 2.24) is 0 Å². The summed E-state index contributed by atoms with van der Waals surface area (Å²) in [5.74, 6) is 0.636. The minimum atomic E-state index is -0.129. The molecule has 2 aromatic rings. The summed E-state index contributed by atoms with van der Waals surface area (Å²) in [5, 5.41) is 2.93. The predicted molar refractivity (Wildman–Crippen MR) is 99.6 cm³/mol. The summed E-state index contributed by atoms with van der Waals surface area (Å²) in [5.41, 5.74) is 2.54. The van der Waals surface area contributed by atoms with Gasteiger partial charge in [-0.1, -0.05) is 0 Å². The summed E-state index contributed by atoms with van der Waals surface area (Å²) in [6.07, 6.45) is 0.115. The largest absolute Gasteiger partial charge is 0.491 e. The van der Waals surface area contributed by atoms with Crippen molar-refractivity contribution >= 4 is 17.3 Å². The molecule has 1 aliphatic heterocycles. The van der Waals surface area contributed by atoms with Crippen molar-refractivity contribution in [3.63, 3.8) is 0 Å². The zero-order chi connectivity index (χ0) is 17.6. The molecule has 0 spiro atoms. The third-order valence-corrected chi connectivity index (χ3v) is 3.99. The van der Waals surface area contributed by atoms with E-state index < -0.39 is 0 Å². The lowest BCUT2D eigenvalue weighted by atomic mass is 10.2. The standard InChI is InChI=1S/C20H24N2O3/c1-15(2)25-19-9-3-16(4-10-19)20(23)21-17-5-7-18(8-6-17)22-11-13-24-14-12-22/h3-10,15H,11-14H2,1-2H3,(H,21,23). The van der Waals surface area contributed by atoms with Crippen molar-refractivity contribution in [2.75, 3.05) is 36.5 Å². The molecule has 0 aliphatic carbocycles. The topological polar surface area (TPSA) is 50.8 Å². The molecule has 1 heterocycles. The highest BCUT2D eigenvalue weighted by Crippen LogP contribution is 2.20. The van der Waals surface area contributed by atoms with Gasteiger partial charge in [-0.25, -0.2) is 0 Å². The zero-order valence-electron chi connectivity index (χ0n) is 14.7. The van der Waals surface area contributed by atoms with Gasteiger partial charge in [-0.15, -0.1) is 0 Å². The van der Waals surface area contributed by atoms with Gasteiger partial charge < -0.3 is 19.7 Å². The molecule has 0 unspecified atom stereocenters. The molecule has 0 radical (unpaired) electrons. The number of rotatable bonds is 5. The average Bonchev–Trinajstić information content (AvgIpc) is 2.63. The Morgan fingerprint density at radius 1 is 1.04 bits per heavy atom. The van der Waals surface area contributed by atoms with Crippen molar-refractivity contribution in [2.24, 2.45) is 0 Å². The summed E-state index contributed by atoms with van der Waals surface area (Å²) in [6.45, 7) is 7.26. The first kappa shape index (κ1) is 17.3. The maximum atomic E-state index is 12.4. The van der Waals surface area contributed by atoms with Crippen LogP contribution in [0.1, 0.15) is 24.2 Å². The quantitative estimate of drug-likeness (QED) is 0.904. The maximum Gasteiger partial charge on any atom is 0.255 e. The van der Waals surface area contributed by atoms with E-state index in [9.17, 15) is 4.79 Å². The van der Waals surface area contributed by atoms with Gasteiger partial charge >= 0.3 is 0 Å². The molecule has 1 amide bonds. The molecule has 2 aromatic carbocycles. The van der Waals surface area contributed by atoms with Crippen molar-refractivity contribution in [3.05, 3.63) is 54.1 Å². The van der Waals surface area contributed by atoms with E-state index in [0.29, 0.717) is 5.56 Å². The number of hydrogen-bond donors (Lipinski definition) is 1. The van der Waals surface area contributed by atoms with Gasteiger partial charge in [-0.2, -0.15) is 0 Å². The van der Waals surface area contributed by atoms with Gasteiger partial charge in [0.1, 0.15) is 5.75 Å². The molecule has 1 aliphatic rings. The molecular formula is C20H24N2O3. The lowest BCUT2D eigenvalue weighted by Gasteiger charge is -2.28. The monoisotopic (exact) mass is 340 g/mol. The highest BCUT2D eigenvalue weighted by Gasteiger charge is 2.11. The summed E-state index contributed by atoms with van der Waals surface area (Å²) in [4.78, 5) is 14.6. The molecule has 25 heavy (non-hydrogen) atoms. The normalized spacial score (nSPS) is 14.4. The van der Waals surface area contributed by atoms with E-state index in [0.717, 1.165) is 43.4 Å². The number of carbonyl (C=O) groups is 1. The minimum absolute atomic E-state index is 0.115. The third-order valence-electron chi connectivity index (χ3n) is 3.99. The third kappa shape index (κ3) is 4.73. The first-order valence-electron chi connectivity index (χ1n) is 8.62. The number of hydrogen-bond acceptors (Lipinski definition) is 4. The molecule has 5 heteroatoms. The molecule has 1 fully saturated rings. The summed E-state index contributed by atoms with van der Waals surface area (Å²) in [6, 6.07) is 15.1. The molecule has 1 N–H and O–H groups in total. The Hall–Kier alpha value is -2.53. The highest BCUT2D eigenvalue weighted by molar-refractivity contribution is 6.04. The number of benzene rings is 2. The highest BCUT2D eigenvalue weighted by atomic mass is 16.5. The Balaban J connectivity index is 1.60. The van der Waals surface area contributed by atoms with E-state index in [1.165, 1.54) is 0 Å². The van der Waals surface area contributed by atoms with Gasteiger partial charge in [0.15, 0.2) is 0 Å².